The van der Waals surface area contributed by atoms with Crippen LogP contribution in [-0.2, 0) is 10.8 Å². The van der Waals surface area contributed by atoms with Gasteiger partial charge in [-0.05, 0) is 264 Å². The maximum Gasteiger partial charge on any atom is 0.194 e. The summed E-state index contributed by atoms with van der Waals surface area (Å²) in [5.41, 5.74) is 21.8. The molecule has 0 heterocycles. The molecule has 0 bridgehead atoms. The molecule has 0 unspecified atom stereocenters. The van der Waals surface area contributed by atoms with Crippen LogP contribution in [0.1, 0.15) is 174 Å². The summed E-state index contributed by atoms with van der Waals surface area (Å²) in [6, 6.07) is 44.8. The van der Waals surface area contributed by atoms with Gasteiger partial charge in [-0.2, -0.15) is 0 Å². The Hall–Kier alpha value is -10.5. The third-order valence-corrected chi connectivity index (χ3v) is 17.8. The number of benzene rings is 10. The van der Waals surface area contributed by atoms with Gasteiger partial charge in [0.1, 0.15) is 23.0 Å². The number of carbonyl (C=O) groups is 2. The Kier molecular flexibility index (Phi) is 16.9. The smallest absolute Gasteiger partial charge is 0.194 e. The van der Waals surface area contributed by atoms with Crippen LogP contribution in [0.2, 0.25) is 0 Å². The van der Waals surface area contributed by atoms with Gasteiger partial charge < -0.3 is 18.9 Å². The van der Waals surface area contributed by atoms with E-state index >= 15 is 9.59 Å². The predicted octanol–water partition coefficient (Wildman–Crippen LogP) is 18.8. The van der Waals surface area contributed by atoms with Gasteiger partial charge >= 0.3 is 0 Å². The SMILES string of the molecule is COc1cc(C)c(C#Cc2cc(C(C)(C)C)cc(C#Cc3c(C)cc(OC)cc3C)c2-c2ccc3cc4c(cc3c2)C(=O)c2cc3ccc(-c5c(C#Cc6c(C)cc(OC)cc6C)cc(C(C)(C)C)cc5C#Cc5c(C)cc(OC)cc5C)cc3cc2C4=O)c(C)c1. The number of methoxy groups -OCH3 is 4. The average Bonchev–Trinajstić information content (AvgIpc) is 0.763. The minimum atomic E-state index is -0.243. The molecule has 10 aromatic rings. The van der Waals surface area contributed by atoms with Crippen molar-refractivity contribution in [1.82, 2.24) is 0 Å². The van der Waals surface area contributed by atoms with Crippen molar-refractivity contribution >= 4 is 33.1 Å². The lowest BCUT2D eigenvalue weighted by Crippen LogP contribution is -2.21. The van der Waals surface area contributed by atoms with Crippen LogP contribution < -0.4 is 18.9 Å². The van der Waals surface area contributed by atoms with Crippen molar-refractivity contribution in [3.05, 3.63) is 256 Å². The van der Waals surface area contributed by atoms with Crippen LogP contribution in [0.3, 0.4) is 0 Å². The van der Waals surface area contributed by atoms with Crippen molar-refractivity contribution in [1.29, 1.82) is 0 Å². The second-order valence-electron chi connectivity index (χ2n) is 26.5. The van der Waals surface area contributed by atoms with E-state index in [1.807, 2.05) is 84.9 Å². The molecule has 11 rings (SSSR count). The quantitative estimate of drug-likeness (QED) is 0.155. The fraction of sp³-hybridized carbons (Fsp3) is 0.233. The highest BCUT2D eigenvalue weighted by atomic mass is 16.5. The standard InChI is InChI=1S/C86H76O6/c1-49-31-69(89-15)32-50(2)73(49)27-23-61-41-67(85(9,10)11)42-62(24-28-74-51(3)33-70(90-16)34-52(74)4)81(61)59-21-19-57-45-77-79(47-65(57)39-59)83(87)78-46-58-20-22-60(40-66(58)48-80(78)84(77)88)82-63(25-29-75-53(5)35-71(91-17)36-54(75)6)43-68(86(12,13)14)44-64(82)26-30-76-55(7)37-72(92-18)38-56(76)8/h19-22,31-48H,1-18H3. The van der Waals surface area contributed by atoms with Gasteiger partial charge in [-0.15, -0.1) is 0 Å². The fourth-order valence-electron chi connectivity index (χ4n) is 12.6. The number of ether oxygens (including phenoxy) is 4. The third kappa shape index (κ3) is 12.3. The molecule has 0 aliphatic heterocycles. The van der Waals surface area contributed by atoms with E-state index in [2.05, 4.69) is 193 Å². The van der Waals surface area contributed by atoms with Crippen LogP contribution in [0, 0.1) is 103 Å². The van der Waals surface area contributed by atoms with E-state index in [0.717, 1.165) is 167 Å². The number of ketones is 2. The van der Waals surface area contributed by atoms with Crippen molar-refractivity contribution in [2.24, 2.45) is 0 Å². The largest absolute Gasteiger partial charge is 0.497 e. The van der Waals surface area contributed by atoms with Crippen molar-refractivity contribution in [2.45, 2.75) is 108 Å². The summed E-state index contributed by atoms with van der Waals surface area (Å²) in [4.78, 5) is 30.3. The number of rotatable bonds is 6. The maximum absolute atomic E-state index is 15.2. The molecule has 92 heavy (non-hydrogen) atoms. The summed E-state index contributed by atoms with van der Waals surface area (Å²) in [5, 5.41) is 3.26. The van der Waals surface area contributed by atoms with Crippen LogP contribution >= 0.6 is 0 Å². The normalized spacial score (nSPS) is 11.7. The molecule has 10 aromatic carbocycles. The first kappa shape index (κ1) is 63.1. The number of fused-ring (bicyclic) bond motifs is 4. The Bertz CT molecular complexity index is 4470. The van der Waals surface area contributed by atoms with E-state index in [1.165, 1.54) is 0 Å². The lowest BCUT2D eigenvalue weighted by molar-refractivity contribution is 0.0979. The van der Waals surface area contributed by atoms with Gasteiger partial charge in [0.15, 0.2) is 11.6 Å². The molecule has 0 radical (unpaired) electrons. The molecule has 6 nitrogen and oxygen atoms in total. The number of hydrogen-bond acceptors (Lipinski definition) is 6. The summed E-state index contributed by atoms with van der Waals surface area (Å²) < 4.78 is 22.5. The summed E-state index contributed by atoms with van der Waals surface area (Å²) in [6.45, 7) is 29.7. The van der Waals surface area contributed by atoms with Crippen LogP contribution in [0.5, 0.6) is 23.0 Å². The molecule has 0 spiro atoms. The van der Waals surface area contributed by atoms with Crippen LogP contribution in [0.4, 0.5) is 0 Å². The van der Waals surface area contributed by atoms with Crippen molar-refractivity contribution in [2.75, 3.05) is 28.4 Å². The third-order valence-electron chi connectivity index (χ3n) is 17.8. The lowest BCUT2D eigenvalue weighted by atomic mass is 9.80. The lowest BCUT2D eigenvalue weighted by Gasteiger charge is -2.22. The second-order valence-corrected chi connectivity index (χ2v) is 26.5. The highest BCUT2D eigenvalue weighted by molar-refractivity contribution is 6.30. The van der Waals surface area contributed by atoms with E-state index < -0.39 is 0 Å². The predicted molar refractivity (Wildman–Crippen MR) is 377 cm³/mol. The van der Waals surface area contributed by atoms with Gasteiger partial charge in [-0.25, -0.2) is 0 Å². The van der Waals surface area contributed by atoms with Gasteiger partial charge in [-0.3, -0.25) is 9.59 Å². The van der Waals surface area contributed by atoms with Gasteiger partial charge in [-0.1, -0.05) is 113 Å². The Balaban J connectivity index is 1.05. The molecule has 1 aliphatic rings. The first-order chi connectivity index (χ1) is 43.7. The van der Waals surface area contributed by atoms with E-state index in [1.54, 1.807) is 28.4 Å². The van der Waals surface area contributed by atoms with E-state index in [-0.39, 0.29) is 22.4 Å². The zero-order valence-electron chi connectivity index (χ0n) is 56.2. The first-order valence-corrected chi connectivity index (χ1v) is 31.1. The zero-order chi connectivity index (χ0) is 65.8. The summed E-state index contributed by atoms with van der Waals surface area (Å²) >= 11 is 0. The molecule has 0 saturated carbocycles. The van der Waals surface area contributed by atoms with Crippen molar-refractivity contribution in [3.8, 4) is 92.6 Å². The first-order valence-electron chi connectivity index (χ1n) is 31.1. The topological polar surface area (TPSA) is 71.1 Å². The summed E-state index contributed by atoms with van der Waals surface area (Å²) in [7, 11) is 6.71. The average molecular weight is 1210 g/mol. The Morgan fingerprint density at radius 2 is 0.511 bits per heavy atom. The van der Waals surface area contributed by atoms with Gasteiger partial charge in [0, 0.05) is 77.9 Å². The van der Waals surface area contributed by atoms with Crippen molar-refractivity contribution in [3.63, 3.8) is 0 Å². The monoisotopic (exact) mass is 1200 g/mol. The number of carbonyl (C=O) groups excluding carboxylic acids is 2. The number of hydrogen-bond donors (Lipinski definition) is 0. The molecule has 0 atom stereocenters. The van der Waals surface area contributed by atoms with E-state index in [9.17, 15) is 0 Å². The molecule has 0 amide bonds. The Morgan fingerprint density at radius 3 is 0.728 bits per heavy atom. The van der Waals surface area contributed by atoms with Crippen LogP contribution in [0.15, 0.2) is 133 Å². The highest BCUT2D eigenvalue weighted by Crippen LogP contribution is 2.41. The molecule has 456 valence electrons. The molecule has 0 saturated heterocycles. The minimum absolute atomic E-state index is 0.211. The molecule has 6 heteroatoms. The molecule has 0 aromatic heterocycles. The Morgan fingerprint density at radius 1 is 0.283 bits per heavy atom. The summed E-state index contributed by atoms with van der Waals surface area (Å²) in [5.74, 6) is 31.6. The minimum Gasteiger partial charge on any atom is -0.497 e. The van der Waals surface area contributed by atoms with E-state index in [4.69, 9.17) is 18.9 Å². The molecule has 0 fully saturated rings. The van der Waals surface area contributed by atoms with E-state index in [0.29, 0.717) is 22.3 Å². The molecular weight excluding hydrogens is 1130 g/mol. The molecule has 1 aliphatic carbocycles. The van der Waals surface area contributed by atoms with Crippen molar-refractivity contribution < 1.29 is 28.5 Å². The second kappa shape index (κ2) is 24.7. The van der Waals surface area contributed by atoms with Gasteiger partial charge in [0.25, 0.3) is 0 Å². The fourth-order valence-corrected chi connectivity index (χ4v) is 12.6. The van der Waals surface area contributed by atoms with Crippen LogP contribution in [0.25, 0.3) is 43.8 Å². The highest BCUT2D eigenvalue weighted by Gasteiger charge is 2.32. The van der Waals surface area contributed by atoms with Crippen LogP contribution in [-0.4, -0.2) is 40.0 Å². The van der Waals surface area contributed by atoms with Gasteiger partial charge in [0.2, 0.25) is 0 Å². The van der Waals surface area contributed by atoms with Gasteiger partial charge in [0.05, 0.1) is 28.4 Å². The Labute approximate surface area is 543 Å². The molecular formula is C86H76O6. The maximum atomic E-state index is 15.2. The zero-order valence-corrected chi connectivity index (χ0v) is 56.2. The summed E-state index contributed by atoms with van der Waals surface area (Å²) in [6.07, 6.45) is 0. The number of aryl methyl sites for hydroxylation is 8. The molecule has 0 N–H and O–H groups in total.